The molecular weight excluding hydrogens is 162 g/mol. The maximum atomic E-state index is 9.39. The minimum absolute atomic E-state index is 0.138. The van der Waals surface area contributed by atoms with Crippen molar-refractivity contribution in [2.75, 3.05) is 18.0 Å². The largest absolute Gasteiger partial charge is 0.391 e. The van der Waals surface area contributed by atoms with E-state index in [-0.39, 0.29) is 6.10 Å². The van der Waals surface area contributed by atoms with Crippen LogP contribution in [0, 0.1) is 6.92 Å². The van der Waals surface area contributed by atoms with Crippen molar-refractivity contribution in [1.29, 1.82) is 0 Å². The van der Waals surface area contributed by atoms with Crippen LogP contribution in [-0.4, -0.2) is 24.3 Å². The summed E-state index contributed by atoms with van der Waals surface area (Å²) < 4.78 is 0. The first kappa shape index (κ1) is 8.57. The molecule has 1 aliphatic heterocycles. The van der Waals surface area contributed by atoms with E-state index in [0.29, 0.717) is 0 Å². The Bertz CT molecular complexity index is 298. The zero-order valence-electron chi connectivity index (χ0n) is 7.90. The lowest BCUT2D eigenvalue weighted by Gasteiger charge is -2.17. The molecule has 0 radical (unpaired) electrons. The molecule has 1 atom stereocenters. The maximum Gasteiger partial charge on any atom is 0.0731 e. The number of aliphatic hydroxyl groups excluding tert-OH is 1. The van der Waals surface area contributed by atoms with E-state index in [1.165, 1.54) is 11.3 Å². The van der Waals surface area contributed by atoms with Gasteiger partial charge in [-0.1, -0.05) is 12.1 Å². The molecule has 0 aromatic heterocycles. The van der Waals surface area contributed by atoms with Crippen molar-refractivity contribution in [1.82, 2.24) is 0 Å². The number of hydrogen-bond donors (Lipinski definition) is 1. The molecule has 2 nitrogen and oxygen atoms in total. The van der Waals surface area contributed by atoms with Gasteiger partial charge in [0.2, 0.25) is 0 Å². The molecular formula is C11H15NO. The van der Waals surface area contributed by atoms with Gasteiger partial charge < -0.3 is 10.0 Å². The van der Waals surface area contributed by atoms with Crippen molar-refractivity contribution in [2.45, 2.75) is 19.4 Å². The lowest BCUT2D eigenvalue weighted by atomic mass is 10.2. The second kappa shape index (κ2) is 3.38. The molecule has 0 spiro atoms. The Morgan fingerprint density at radius 2 is 2.31 bits per heavy atom. The van der Waals surface area contributed by atoms with Crippen molar-refractivity contribution in [3.05, 3.63) is 29.8 Å². The Kier molecular flexibility index (Phi) is 2.23. The second-order valence-electron chi connectivity index (χ2n) is 3.73. The van der Waals surface area contributed by atoms with Crippen LogP contribution in [0.3, 0.4) is 0 Å². The van der Waals surface area contributed by atoms with Gasteiger partial charge in [-0.3, -0.25) is 0 Å². The Balaban J connectivity index is 2.16. The van der Waals surface area contributed by atoms with E-state index in [0.717, 1.165) is 19.5 Å². The Hall–Kier alpha value is -1.02. The first-order chi connectivity index (χ1) is 6.25. The Labute approximate surface area is 78.8 Å². The standard InChI is InChI=1S/C11H15NO/c1-9-3-2-4-10(7-9)12-6-5-11(13)8-12/h2-4,7,11,13H,5-6,8H2,1H3/t11-/m0/s1. The number of nitrogens with zero attached hydrogens (tertiary/aromatic N) is 1. The van der Waals surface area contributed by atoms with Gasteiger partial charge in [-0.05, 0) is 31.0 Å². The van der Waals surface area contributed by atoms with E-state index in [1.54, 1.807) is 0 Å². The van der Waals surface area contributed by atoms with Crippen LogP contribution in [-0.2, 0) is 0 Å². The summed E-state index contributed by atoms with van der Waals surface area (Å²) in [6.45, 7) is 3.85. The zero-order chi connectivity index (χ0) is 9.26. The number of aliphatic hydroxyl groups is 1. The molecule has 1 saturated heterocycles. The SMILES string of the molecule is Cc1cccc(N2CC[C@H](O)C2)c1. The predicted octanol–water partition coefficient (Wildman–Crippen LogP) is 1.57. The molecule has 1 aromatic rings. The van der Waals surface area contributed by atoms with Crippen LogP contribution in [0.1, 0.15) is 12.0 Å². The molecule has 0 bridgehead atoms. The molecule has 2 rings (SSSR count). The van der Waals surface area contributed by atoms with Crippen LogP contribution in [0.25, 0.3) is 0 Å². The molecule has 0 aliphatic carbocycles. The highest BCUT2D eigenvalue weighted by molar-refractivity contribution is 5.49. The summed E-state index contributed by atoms with van der Waals surface area (Å²) in [7, 11) is 0. The summed E-state index contributed by atoms with van der Waals surface area (Å²) in [6, 6.07) is 8.43. The normalized spacial score (nSPS) is 22.3. The molecule has 1 fully saturated rings. The van der Waals surface area contributed by atoms with Gasteiger partial charge in [-0.2, -0.15) is 0 Å². The summed E-state index contributed by atoms with van der Waals surface area (Å²) >= 11 is 0. The minimum Gasteiger partial charge on any atom is -0.391 e. The predicted molar refractivity (Wildman–Crippen MR) is 54.0 cm³/mol. The molecule has 0 unspecified atom stereocenters. The average Bonchev–Trinajstić information content (AvgIpc) is 2.52. The van der Waals surface area contributed by atoms with Gasteiger partial charge >= 0.3 is 0 Å². The van der Waals surface area contributed by atoms with E-state index in [4.69, 9.17) is 0 Å². The quantitative estimate of drug-likeness (QED) is 0.703. The van der Waals surface area contributed by atoms with Gasteiger partial charge in [0.25, 0.3) is 0 Å². The first-order valence-corrected chi connectivity index (χ1v) is 4.75. The van der Waals surface area contributed by atoms with Gasteiger partial charge in [0, 0.05) is 18.8 Å². The van der Waals surface area contributed by atoms with Crippen LogP contribution in [0.2, 0.25) is 0 Å². The number of benzene rings is 1. The third-order valence-electron chi connectivity index (χ3n) is 2.53. The van der Waals surface area contributed by atoms with Crippen LogP contribution in [0.4, 0.5) is 5.69 Å². The van der Waals surface area contributed by atoms with Crippen LogP contribution < -0.4 is 4.90 Å². The van der Waals surface area contributed by atoms with Gasteiger partial charge in [-0.15, -0.1) is 0 Å². The van der Waals surface area contributed by atoms with E-state index in [9.17, 15) is 5.11 Å². The van der Waals surface area contributed by atoms with Crippen molar-refractivity contribution in [2.24, 2.45) is 0 Å². The van der Waals surface area contributed by atoms with Gasteiger partial charge in [0.15, 0.2) is 0 Å². The summed E-state index contributed by atoms with van der Waals surface area (Å²) in [5.41, 5.74) is 2.51. The second-order valence-corrected chi connectivity index (χ2v) is 3.73. The number of hydrogen-bond acceptors (Lipinski definition) is 2. The van der Waals surface area contributed by atoms with Crippen LogP contribution >= 0.6 is 0 Å². The number of anilines is 1. The molecule has 2 heteroatoms. The van der Waals surface area contributed by atoms with E-state index in [1.807, 2.05) is 0 Å². The minimum atomic E-state index is -0.138. The Morgan fingerprint density at radius 1 is 1.46 bits per heavy atom. The van der Waals surface area contributed by atoms with Gasteiger partial charge in [0.05, 0.1) is 6.10 Å². The summed E-state index contributed by atoms with van der Waals surface area (Å²) in [5.74, 6) is 0. The Morgan fingerprint density at radius 3 is 2.92 bits per heavy atom. The van der Waals surface area contributed by atoms with Crippen molar-refractivity contribution >= 4 is 5.69 Å². The lowest BCUT2D eigenvalue weighted by Crippen LogP contribution is -2.20. The first-order valence-electron chi connectivity index (χ1n) is 4.75. The van der Waals surface area contributed by atoms with Crippen LogP contribution in [0.15, 0.2) is 24.3 Å². The van der Waals surface area contributed by atoms with E-state index in [2.05, 4.69) is 36.1 Å². The van der Waals surface area contributed by atoms with Gasteiger partial charge in [0.1, 0.15) is 0 Å². The number of rotatable bonds is 1. The van der Waals surface area contributed by atoms with Crippen molar-refractivity contribution in [3.8, 4) is 0 Å². The topological polar surface area (TPSA) is 23.5 Å². The summed E-state index contributed by atoms with van der Waals surface area (Å²) in [6.07, 6.45) is 0.758. The third-order valence-corrected chi connectivity index (χ3v) is 2.53. The zero-order valence-corrected chi connectivity index (χ0v) is 7.90. The highest BCUT2D eigenvalue weighted by atomic mass is 16.3. The number of aryl methyl sites for hydroxylation is 1. The molecule has 1 heterocycles. The molecule has 0 saturated carbocycles. The fraction of sp³-hybridized carbons (Fsp3) is 0.455. The molecule has 1 aromatic carbocycles. The average molecular weight is 177 g/mol. The molecule has 1 N–H and O–H groups in total. The van der Waals surface area contributed by atoms with Crippen LogP contribution in [0.5, 0.6) is 0 Å². The summed E-state index contributed by atoms with van der Waals surface area (Å²) in [4.78, 5) is 2.23. The van der Waals surface area contributed by atoms with E-state index >= 15 is 0 Å². The smallest absolute Gasteiger partial charge is 0.0731 e. The van der Waals surface area contributed by atoms with E-state index < -0.39 is 0 Å². The fourth-order valence-electron chi connectivity index (χ4n) is 1.80. The third kappa shape index (κ3) is 1.83. The molecule has 70 valence electrons. The highest BCUT2D eigenvalue weighted by Gasteiger charge is 2.19. The van der Waals surface area contributed by atoms with Crippen molar-refractivity contribution in [3.63, 3.8) is 0 Å². The fourth-order valence-corrected chi connectivity index (χ4v) is 1.80. The van der Waals surface area contributed by atoms with Gasteiger partial charge in [-0.25, -0.2) is 0 Å². The number of β-amino-alcohol motifs (C(OH)–C–C–N with tert-alkyl or cyclic N) is 1. The molecule has 13 heavy (non-hydrogen) atoms. The monoisotopic (exact) mass is 177 g/mol. The van der Waals surface area contributed by atoms with Crippen molar-refractivity contribution < 1.29 is 5.11 Å². The lowest BCUT2D eigenvalue weighted by molar-refractivity contribution is 0.198. The maximum absolute atomic E-state index is 9.39. The summed E-state index contributed by atoms with van der Waals surface area (Å²) in [5, 5.41) is 9.39. The highest BCUT2D eigenvalue weighted by Crippen LogP contribution is 2.20. The molecule has 1 aliphatic rings. The molecule has 0 amide bonds.